The van der Waals surface area contributed by atoms with Crippen LogP contribution in [0.3, 0.4) is 0 Å². The molecule has 0 spiro atoms. The van der Waals surface area contributed by atoms with Crippen molar-refractivity contribution >= 4 is 21.6 Å². The van der Waals surface area contributed by atoms with Crippen LogP contribution in [-0.2, 0) is 0 Å². The Morgan fingerprint density at radius 2 is 1.33 bits per heavy atom. The van der Waals surface area contributed by atoms with Crippen LogP contribution in [0.4, 0.5) is 0 Å². The van der Waals surface area contributed by atoms with Crippen molar-refractivity contribution in [2.75, 3.05) is 12.1 Å². The summed E-state index contributed by atoms with van der Waals surface area (Å²) < 4.78 is 9.34. The summed E-state index contributed by atoms with van der Waals surface area (Å²) >= 11 is 3.51. The third-order valence-corrected chi connectivity index (χ3v) is 5.79. The van der Waals surface area contributed by atoms with Crippen LogP contribution in [0.25, 0.3) is 28.1 Å². The fourth-order valence-corrected chi connectivity index (χ4v) is 4.01. The molecule has 146 valence electrons. The van der Waals surface area contributed by atoms with Crippen molar-refractivity contribution in [2.45, 2.75) is 0 Å². The highest BCUT2D eigenvalue weighted by Gasteiger charge is 2.32. The van der Waals surface area contributed by atoms with Crippen LogP contribution < -0.4 is 14.4 Å². The molecule has 2 heterocycles. The molecule has 0 saturated carbocycles. The second-order valence-electron chi connectivity index (χ2n) is 7.16. The number of ether oxygens (including phenoxy) is 1. The van der Waals surface area contributed by atoms with E-state index < -0.39 is 0 Å². The standard InChI is InChI=1S/C26H20BrN2O/c1-28-25(21-12-14-23(27)15-13-21)18-30-26-17-22(19-8-4-2-5-9-19)16-24(29(26)28)20-10-6-3-7-11-20/h2-18H,1H3/q+1. The fourth-order valence-electron chi connectivity index (χ4n) is 3.74. The first-order valence-electron chi connectivity index (χ1n) is 9.78. The van der Waals surface area contributed by atoms with Gasteiger partial charge in [0.15, 0.2) is 0 Å². The summed E-state index contributed by atoms with van der Waals surface area (Å²) in [6.45, 7) is 0. The van der Waals surface area contributed by atoms with Gasteiger partial charge in [0.1, 0.15) is 12.0 Å². The Labute approximate surface area is 184 Å². The van der Waals surface area contributed by atoms with Crippen molar-refractivity contribution in [2.24, 2.45) is 0 Å². The first-order chi connectivity index (χ1) is 14.7. The predicted molar refractivity (Wildman–Crippen MR) is 124 cm³/mol. The molecule has 0 unspecified atom stereocenters. The summed E-state index contributed by atoms with van der Waals surface area (Å²) in [5, 5.41) is 2.14. The number of rotatable bonds is 3. The van der Waals surface area contributed by atoms with E-state index in [-0.39, 0.29) is 0 Å². The minimum Gasteiger partial charge on any atom is -0.409 e. The van der Waals surface area contributed by atoms with E-state index >= 15 is 0 Å². The van der Waals surface area contributed by atoms with E-state index in [0.29, 0.717) is 0 Å². The largest absolute Gasteiger partial charge is 0.409 e. The first-order valence-corrected chi connectivity index (χ1v) is 10.6. The van der Waals surface area contributed by atoms with Gasteiger partial charge < -0.3 is 4.74 Å². The molecule has 0 N–H and O–H groups in total. The molecule has 3 nitrogen and oxygen atoms in total. The van der Waals surface area contributed by atoms with Gasteiger partial charge in [-0.1, -0.05) is 76.6 Å². The lowest BCUT2D eigenvalue weighted by Gasteiger charge is -2.24. The molecule has 0 radical (unpaired) electrons. The van der Waals surface area contributed by atoms with Gasteiger partial charge in [-0.15, -0.1) is 5.01 Å². The van der Waals surface area contributed by atoms with E-state index in [1.807, 2.05) is 30.5 Å². The zero-order chi connectivity index (χ0) is 20.5. The zero-order valence-corrected chi connectivity index (χ0v) is 18.1. The lowest BCUT2D eigenvalue weighted by Crippen LogP contribution is -2.57. The number of halogens is 1. The molecule has 0 saturated heterocycles. The van der Waals surface area contributed by atoms with Crippen molar-refractivity contribution in [3.8, 4) is 28.3 Å². The Balaban J connectivity index is 1.68. The third-order valence-electron chi connectivity index (χ3n) is 5.26. The molecule has 5 rings (SSSR count). The van der Waals surface area contributed by atoms with Gasteiger partial charge in [0.05, 0.1) is 13.1 Å². The van der Waals surface area contributed by atoms with Crippen LogP contribution in [-0.4, -0.2) is 7.05 Å². The molecule has 0 fully saturated rings. The van der Waals surface area contributed by atoms with E-state index in [1.54, 1.807) is 0 Å². The van der Waals surface area contributed by atoms with Crippen molar-refractivity contribution in [1.82, 2.24) is 0 Å². The van der Waals surface area contributed by atoms with Crippen molar-refractivity contribution in [1.29, 1.82) is 0 Å². The number of benzene rings is 3. The molecule has 1 aromatic heterocycles. The predicted octanol–water partition coefficient (Wildman–Crippen LogP) is 6.03. The maximum atomic E-state index is 6.16. The molecular formula is C26H20BrN2O+. The Bertz CT molecular complexity index is 1220. The Kier molecular flexibility index (Phi) is 4.85. The summed E-state index contributed by atoms with van der Waals surface area (Å²) in [7, 11) is 2.06. The second kappa shape index (κ2) is 7.81. The number of pyridine rings is 1. The molecule has 1 aliphatic heterocycles. The lowest BCUT2D eigenvalue weighted by molar-refractivity contribution is -0.676. The summed E-state index contributed by atoms with van der Waals surface area (Å²) in [5.74, 6) is 0.776. The van der Waals surface area contributed by atoms with Gasteiger partial charge in [-0.2, -0.15) is 0 Å². The van der Waals surface area contributed by atoms with E-state index in [9.17, 15) is 0 Å². The normalized spacial score (nSPS) is 12.7. The molecule has 30 heavy (non-hydrogen) atoms. The second-order valence-corrected chi connectivity index (χ2v) is 8.08. The van der Waals surface area contributed by atoms with Crippen molar-refractivity contribution in [3.63, 3.8) is 0 Å². The summed E-state index contributed by atoms with van der Waals surface area (Å²) in [6.07, 6.45) is 1.82. The molecule has 0 atom stereocenters. The average molecular weight is 456 g/mol. The molecule has 0 aliphatic carbocycles. The van der Waals surface area contributed by atoms with Crippen LogP contribution >= 0.6 is 15.9 Å². The fraction of sp³-hybridized carbons (Fsp3) is 0.0385. The zero-order valence-electron chi connectivity index (χ0n) is 16.5. The molecule has 0 amide bonds. The topological polar surface area (TPSA) is 16.4 Å². The molecule has 1 aliphatic rings. The van der Waals surface area contributed by atoms with Gasteiger partial charge >= 0.3 is 5.88 Å². The highest BCUT2D eigenvalue weighted by atomic mass is 79.9. The number of hydrogen-bond donors (Lipinski definition) is 0. The molecule has 0 bridgehead atoms. The highest BCUT2D eigenvalue weighted by molar-refractivity contribution is 9.10. The van der Waals surface area contributed by atoms with Crippen LogP contribution in [0.2, 0.25) is 0 Å². The van der Waals surface area contributed by atoms with E-state index in [2.05, 4.69) is 105 Å². The SMILES string of the molecule is CN1C(c2ccc(Br)cc2)=COc2cc(-c3ccccc3)cc(-c3ccccc3)[n+]21. The Hall–Kier alpha value is -3.37. The number of hydrogen-bond acceptors (Lipinski definition) is 2. The van der Waals surface area contributed by atoms with Gasteiger partial charge in [-0.3, -0.25) is 0 Å². The monoisotopic (exact) mass is 455 g/mol. The van der Waals surface area contributed by atoms with Gasteiger partial charge in [-0.25, -0.2) is 0 Å². The van der Waals surface area contributed by atoms with Crippen LogP contribution in [0.5, 0.6) is 5.88 Å². The molecular weight excluding hydrogens is 436 g/mol. The Morgan fingerprint density at radius 3 is 2.00 bits per heavy atom. The Morgan fingerprint density at radius 1 is 0.700 bits per heavy atom. The number of fused-ring (bicyclic) bond motifs is 1. The van der Waals surface area contributed by atoms with Crippen LogP contribution in [0, 0.1) is 0 Å². The number of nitrogens with zero attached hydrogens (tertiary/aromatic N) is 2. The maximum absolute atomic E-state index is 6.16. The van der Waals surface area contributed by atoms with Gasteiger partial charge in [0, 0.05) is 21.7 Å². The highest BCUT2D eigenvalue weighted by Crippen LogP contribution is 2.31. The number of aromatic nitrogens is 1. The van der Waals surface area contributed by atoms with Gasteiger partial charge in [0.2, 0.25) is 5.69 Å². The minimum absolute atomic E-state index is 0.776. The first kappa shape index (κ1) is 18.6. The van der Waals surface area contributed by atoms with Crippen LogP contribution in [0.15, 0.2) is 108 Å². The quantitative estimate of drug-likeness (QED) is 0.350. The third kappa shape index (κ3) is 3.40. The van der Waals surface area contributed by atoms with Crippen molar-refractivity contribution < 1.29 is 9.41 Å². The lowest BCUT2D eigenvalue weighted by atomic mass is 10.0. The van der Waals surface area contributed by atoms with Gasteiger partial charge in [0.25, 0.3) is 0 Å². The maximum Gasteiger partial charge on any atom is 0.403 e. The molecule has 4 aromatic rings. The van der Waals surface area contributed by atoms with E-state index in [1.165, 1.54) is 0 Å². The smallest absolute Gasteiger partial charge is 0.403 e. The van der Waals surface area contributed by atoms with E-state index in [0.717, 1.165) is 44.0 Å². The van der Waals surface area contributed by atoms with E-state index in [4.69, 9.17) is 4.74 Å². The van der Waals surface area contributed by atoms with Crippen LogP contribution in [0.1, 0.15) is 5.56 Å². The van der Waals surface area contributed by atoms with Gasteiger partial charge in [-0.05, 0) is 40.1 Å². The van der Waals surface area contributed by atoms with Crippen molar-refractivity contribution in [3.05, 3.63) is 113 Å². The summed E-state index contributed by atoms with van der Waals surface area (Å²) in [5.41, 5.74) is 6.55. The minimum atomic E-state index is 0.776. The summed E-state index contributed by atoms with van der Waals surface area (Å²) in [6, 6.07) is 33.4. The summed E-state index contributed by atoms with van der Waals surface area (Å²) in [4.78, 5) is 0. The molecule has 4 heteroatoms. The average Bonchev–Trinajstić information content (AvgIpc) is 2.80. The molecule has 3 aromatic carbocycles.